The Labute approximate surface area is 491 Å². The van der Waals surface area contributed by atoms with E-state index in [9.17, 15) is 48.9 Å². The van der Waals surface area contributed by atoms with Gasteiger partial charge < -0.3 is 78.5 Å². The van der Waals surface area contributed by atoms with Gasteiger partial charge in [0.25, 0.3) is 5.91 Å². The molecule has 9 atom stereocenters. The van der Waals surface area contributed by atoms with E-state index in [0.29, 0.717) is 51.3 Å². The lowest BCUT2D eigenvalue weighted by Crippen LogP contribution is -2.61. The van der Waals surface area contributed by atoms with E-state index >= 15 is 0 Å². The lowest BCUT2D eigenvalue weighted by molar-refractivity contribution is -0.145. The number of fused-ring (bicyclic) bond motifs is 2. The van der Waals surface area contributed by atoms with Gasteiger partial charge in [-0.15, -0.1) is 0 Å². The smallest absolute Gasteiger partial charge is 0.251 e. The number of benzene rings is 4. The van der Waals surface area contributed by atoms with Crippen LogP contribution in [-0.2, 0) is 35.2 Å². The number of hydrogen-bond acceptors (Lipinski definition) is 15. The molecule has 4 aromatic rings. The number of ether oxygens (including phenoxy) is 1. The maximum atomic E-state index is 14.8. The van der Waals surface area contributed by atoms with E-state index in [4.69, 9.17) is 21.9 Å². The van der Waals surface area contributed by atoms with E-state index in [1.807, 2.05) is 53.4 Å². The molecule has 22 heteroatoms. The number of phenolic OH excluding ortho intramolecular Hbond substituents is 1. The molecule has 0 bridgehead atoms. The third-order valence-electron chi connectivity index (χ3n) is 15.8. The second-order valence-electron chi connectivity index (χ2n) is 22.2. The Morgan fingerprint density at radius 3 is 1.92 bits per heavy atom. The molecule has 3 saturated heterocycles. The third-order valence-corrected chi connectivity index (χ3v) is 15.8. The highest BCUT2D eigenvalue weighted by molar-refractivity contribution is 6.00. The molecule has 0 radical (unpaired) electrons. The zero-order valence-corrected chi connectivity index (χ0v) is 48.3. The molecule has 0 spiro atoms. The molecule has 14 N–H and O–H groups in total. The fourth-order valence-corrected chi connectivity index (χ4v) is 11.0. The molecule has 0 aromatic heterocycles. The summed E-state index contributed by atoms with van der Waals surface area (Å²) in [5.74, 6) is -4.19. The van der Waals surface area contributed by atoms with Gasteiger partial charge in [-0.2, -0.15) is 0 Å². The van der Waals surface area contributed by atoms with Crippen molar-refractivity contribution in [1.82, 2.24) is 41.3 Å². The molecule has 3 aliphatic heterocycles. The second kappa shape index (κ2) is 31.4. The van der Waals surface area contributed by atoms with Gasteiger partial charge >= 0.3 is 0 Å². The number of nitrogens with one attached hydrogen (secondary N) is 5. The van der Waals surface area contributed by atoms with E-state index in [1.165, 1.54) is 24.0 Å². The molecule has 84 heavy (non-hydrogen) atoms. The Morgan fingerprint density at radius 1 is 0.702 bits per heavy atom. The number of aromatic hydroxyl groups is 1. The van der Waals surface area contributed by atoms with Crippen LogP contribution in [0.1, 0.15) is 94.0 Å². The minimum Gasteiger partial charge on any atom is -0.508 e. The number of aryl methyl sites for hydroxylation is 1. The highest BCUT2D eigenvalue weighted by atomic mass is 16.5. The van der Waals surface area contributed by atoms with Crippen LogP contribution in [0.25, 0.3) is 22.3 Å². The summed E-state index contributed by atoms with van der Waals surface area (Å²) in [6.07, 6.45) is 1.12. The molecule has 7 amide bonds. The summed E-state index contributed by atoms with van der Waals surface area (Å²) in [5, 5.41) is 46.0. The molecule has 7 rings (SSSR count). The van der Waals surface area contributed by atoms with E-state index in [-0.39, 0.29) is 75.9 Å². The van der Waals surface area contributed by atoms with Gasteiger partial charge in [0, 0.05) is 63.8 Å². The van der Waals surface area contributed by atoms with Crippen LogP contribution in [0.3, 0.4) is 0 Å². The maximum absolute atomic E-state index is 14.8. The van der Waals surface area contributed by atoms with Crippen LogP contribution in [0.5, 0.6) is 11.5 Å². The van der Waals surface area contributed by atoms with Gasteiger partial charge in [-0.25, -0.2) is 0 Å². The first kappa shape index (κ1) is 64.1. The number of carbonyl (C=O) groups excluding carboxylic acids is 7. The SMILES string of the molecule is CCCCCOc1ccc(-c2ccc(-c3ccc(C(=O)N[C@H]4CCCNC(=O)C5C[C@H](N)CN5C(=O)C(CCCN(CCN)CCN)NC(=O)C(CCc5ccc(O)cc5)NC(=O)C5C[C@@H](O)CN5C(=O)C(C(C)O)NC4=O)cc3)cc2)cc1. The fraction of sp³-hybridized carbons (Fsp3) is 0.500. The van der Waals surface area contributed by atoms with Gasteiger partial charge in [0.05, 0.1) is 18.8 Å². The number of nitrogens with zero attached hydrogens (tertiary/aromatic N) is 3. The first-order chi connectivity index (χ1) is 40.5. The van der Waals surface area contributed by atoms with Crippen LogP contribution >= 0.6 is 0 Å². The molecule has 6 unspecified atom stereocenters. The van der Waals surface area contributed by atoms with Gasteiger partial charge in [0.1, 0.15) is 47.8 Å². The van der Waals surface area contributed by atoms with Crippen LogP contribution in [0.15, 0.2) is 97.1 Å². The average Bonchev–Trinajstić information content (AvgIpc) is 4.32. The molecule has 22 nitrogen and oxygen atoms in total. The number of hydrogen-bond donors (Lipinski definition) is 11. The predicted octanol–water partition coefficient (Wildman–Crippen LogP) is 1.66. The summed E-state index contributed by atoms with van der Waals surface area (Å²) in [6.45, 7) is 6.03. The van der Waals surface area contributed by atoms with Gasteiger partial charge in [-0.05, 0) is 129 Å². The van der Waals surface area contributed by atoms with Crippen LogP contribution in [0.2, 0.25) is 0 Å². The summed E-state index contributed by atoms with van der Waals surface area (Å²) in [7, 11) is 0. The number of aliphatic hydroxyl groups is 2. The van der Waals surface area contributed by atoms with Crippen LogP contribution in [-0.4, -0.2) is 185 Å². The largest absolute Gasteiger partial charge is 0.508 e. The molecule has 3 fully saturated rings. The lowest BCUT2D eigenvalue weighted by Gasteiger charge is -2.32. The van der Waals surface area contributed by atoms with Crippen LogP contribution in [0, 0.1) is 0 Å². The van der Waals surface area contributed by atoms with E-state index in [1.54, 1.807) is 36.4 Å². The van der Waals surface area contributed by atoms with Crippen LogP contribution < -0.4 is 48.5 Å². The number of carbonyl (C=O) groups is 7. The van der Waals surface area contributed by atoms with Gasteiger partial charge in [-0.3, -0.25) is 33.6 Å². The molecule has 4 aromatic carbocycles. The monoisotopic (exact) mass is 1160 g/mol. The topological polar surface area (TPSA) is 337 Å². The van der Waals surface area contributed by atoms with Crippen molar-refractivity contribution in [3.63, 3.8) is 0 Å². The van der Waals surface area contributed by atoms with E-state index in [2.05, 4.69) is 33.5 Å². The Bertz CT molecular complexity index is 2820. The van der Waals surface area contributed by atoms with Crippen molar-refractivity contribution in [2.24, 2.45) is 17.2 Å². The Morgan fingerprint density at radius 2 is 1.30 bits per heavy atom. The van der Waals surface area contributed by atoms with Crippen molar-refractivity contribution in [1.29, 1.82) is 0 Å². The van der Waals surface area contributed by atoms with Crippen molar-refractivity contribution in [2.45, 2.75) is 139 Å². The first-order valence-corrected chi connectivity index (χ1v) is 29.5. The van der Waals surface area contributed by atoms with Crippen molar-refractivity contribution in [3.8, 4) is 33.8 Å². The molecule has 0 aliphatic carbocycles. The lowest BCUT2D eigenvalue weighted by atomic mass is 9.99. The van der Waals surface area contributed by atoms with E-state index in [0.717, 1.165) is 52.2 Å². The molecular weight excluding hydrogens is 1070 g/mol. The second-order valence-corrected chi connectivity index (χ2v) is 22.2. The number of rotatable bonds is 21. The van der Waals surface area contributed by atoms with Gasteiger partial charge in [-0.1, -0.05) is 80.4 Å². The summed E-state index contributed by atoms with van der Waals surface area (Å²) in [6, 6.07) is 20.5. The Hall–Kier alpha value is -7.47. The summed E-state index contributed by atoms with van der Waals surface area (Å²) in [5.41, 5.74) is 22.9. The molecule has 0 saturated carbocycles. The number of aliphatic hydroxyl groups excluding tert-OH is 2. The van der Waals surface area contributed by atoms with Crippen molar-refractivity contribution < 1.29 is 53.6 Å². The number of phenols is 1. The third kappa shape index (κ3) is 17.8. The summed E-state index contributed by atoms with van der Waals surface area (Å²) < 4.78 is 5.88. The molecule has 454 valence electrons. The molecule has 3 aliphatic rings. The first-order valence-electron chi connectivity index (χ1n) is 29.5. The number of nitrogens with two attached hydrogens (primary N) is 3. The van der Waals surface area contributed by atoms with E-state index < -0.39 is 95.9 Å². The van der Waals surface area contributed by atoms with Crippen molar-refractivity contribution in [2.75, 3.05) is 59.0 Å². The fourth-order valence-electron chi connectivity index (χ4n) is 11.0. The minimum atomic E-state index is -1.67. The zero-order valence-electron chi connectivity index (χ0n) is 48.3. The summed E-state index contributed by atoms with van der Waals surface area (Å²) in [4.78, 5) is 106. The van der Waals surface area contributed by atoms with Crippen LogP contribution in [0.4, 0.5) is 0 Å². The zero-order chi connectivity index (χ0) is 60.3. The average molecular weight is 1160 g/mol. The highest BCUT2D eigenvalue weighted by Gasteiger charge is 2.45. The van der Waals surface area contributed by atoms with Gasteiger partial charge in [0.2, 0.25) is 35.4 Å². The molecule has 3 heterocycles. The quantitative estimate of drug-likeness (QED) is 0.0529. The van der Waals surface area contributed by atoms with Gasteiger partial charge in [0.15, 0.2) is 0 Å². The van der Waals surface area contributed by atoms with Crippen molar-refractivity contribution >= 4 is 41.4 Å². The highest BCUT2D eigenvalue weighted by Crippen LogP contribution is 2.28. The normalized spacial score (nSPS) is 23.4. The maximum Gasteiger partial charge on any atom is 0.251 e. The van der Waals surface area contributed by atoms with Crippen molar-refractivity contribution in [3.05, 3.63) is 108 Å². The standard InChI is InChI=1S/C62H85N11O11/c1-3-4-5-34-84-49-25-21-44(22-26-49)42-15-13-41(14-16-42)43-17-19-45(20-18-43)56(77)67-50-8-6-30-66-59(80)53-35-46(65)37-72(53)61(82)52(9-7-31-71(32-28-63)33-29-64)69-57(78)51(27-12-40-10-23-47(75)24-11-40)68-60(81)54-36-48(76)38-73(54)62(83)55(39(2)74)70-58(50)79/h10-11,13-26,39,46,48,50-55,74-76H,3-9,12,27-38,63-65H2,1-2H3,(H,66,80)(H,67,77)(H,68,81)(H,69,78)(H,70,79)/t39?,46-,48+,50-,51?,52?,53?,54?,55?/m0/s1. The minimum absolute atomic E-state index is 0.00141. The summed E-state index contributed by atoms with van der Waals surface area (Å²) >= 11 is 0. The predicted molar refractivity (Wildman–Crippen MR) is 318 cm³/mol. The Balaban J connectivity index is 1.13. The molecular formula is C62H85N11O11. The number of amides is 7. The number of unbranched alkanes of at least 4 members (excludes halogenated alkanes) is 2. The Kier molecular flexibility index (Phi) is 24.0.